The van der Waals surface area contributed by atoms with E-state index in [1.54, 1.807) is 6.07 Å². The summed E-state index contributed by atoms with van der Waals surface area (Å²) in [6.07, 6.45) is 2.12. The molecule has 1 aromatic carbocycles. The number of ether oxygens (including phenoxy) is 1. The van der Waals surface area contributed by atoms with Crippen LogP contribution < -0.4 is 4.74 Å². The van der Waals surface area contributed by atoms with Gasteiger partial charge >= 0.3 is 0 Å². The van der Waals surface area contributed by atoms with Crippen molar-refractivity contribution in [2.45, 2.75) is 45.3 Å². The Kier molecular flexibility index (Phi) is 5.45. The number of H-pyrrole nitrogens is 1. The number of nitriles is 1. The number of hydrogen-bond acceptors (Lipinski definition) is 4. The van der Waals surface area contributed by atoms with E-state index in [4.69, 9.17) is 10.00 Å². The van der Waals surface area contributed by atoms with E-state index in [0.717, 1.165) is 47.1 Å². The highest BCUT2D eigenvalue weighted by atomic mass is 79.9. The van der Waals surface area contributed by atoms with Crippen LogP contribution in [0.2, 0.25) is 0 Å². The molecule has 0 spiro atoms. The summed E-state index contributed by atoms with van der Waals surface area (Å²) in [4.78, 5) is 17.4. The molecule has 1 aliphatic rings. The average Bonchev–Trinajstić information content (AvgIpc) is 2.99. The number of ketones is 1. The minimum absolute atomic E-state index is 0.119. The van der Waals surface area contributed by atoms with Crippen molar-refractivity contribution in [1.29, 1.82) is 5.26 Å². The topological polar surface area (TPSA) is 69.1 Å². The standard InChI is InChI=1S/C19H22BrN3O2/c1-12(2)23-7-4-14(5-8-23)25-19-10-13-9-17(18(24)3-6-21)22-16(13)11-15(19)20/h9-12,14,22H,3-5,7-8H2,1-2H3. The van der Waals surface area contributed by atoms with Gasteiger partial charge in [0.1, 0.15) is 18.3 Å². The van der Waals surface area contributed by atoms with E-state index in [2.05, 4.69) is 39.7 Å². The molecule has 25 heavy (non-hydrogen) atoms. The molecule has 1 aromatic heterocycles. The highest BCUT2D eigenvalue weighted by Crippen LogP contribution is 2.33. The number of nitrogens with one attached hydrogen (secondary N) is 1. The molecule has 2 aromatic rings. The fourth-order valence-corrected chi connectivity index (χ4v) is 3.67. The number of aromatic amines is 1. The van der Waals surface area contributed by atoms with Gasteiger partial charge in [-0.1, -0.05) is 0 Å². The van der Waals surface area contributed by atoms with Gasteiger partial charge in [-0.2, -0.15) is 5.26 Å². The first-order valence-electron chi connectivity index (χ1n) is 8.61. The van der Waals surface area contributed by atoms with Gasteiger partial charge in [0.2, 0.25) is 0 Å². The molecule has 132 valence electrons. The van der Waals surface area contributed by atoms with Crippen molar-refractivity contribution in [2.24, 2.45) is 0 Å². The summed E-state index contributed by atoms with van der Waals surface area (Å²) in [7, 11) is 0. The third-order valence-corrected chi connectivity index (χ3v) is 5.33. The molecule has 1 fully saturated rings. The Morgan fingerprint density at radius 1 is 1.40 bits per heavy atom. The van der Waals surface area contributed by atoms with Crippen LogP contribution in [0.3, 0.4) is 0 Å². The number of likely N-dealkylation sites (tertiary alicyclic amines) is 1. The number of nitrogens with zero attached hydrogens (tertiary/aromatic N) is 2. The molecule has 0 unspecified atom stereocenters. The molecule has 1 N–H and O–H groups in total. The van der Waals surface area contributed by atoms with Crippen molar-refractivity contribution in [3.8, 4) is 11.8 Å². The number of aromatic nitrogens is 1. The third-order valence-electron chi connectivity index (χ3n) is 4.71. The molecular formula is C19H22BrN3O2. The summed E-state index contributed by atoms with van der Waals surface area (Å²) in [5.74, 6) is 0.604. The van der Waals surface area contributed by atoms with Crippen molar-refractivity contribution in [1.82, 2.24) is 9.88 Å². The van der Waals surface area contributed by atoms with E-state index in [0.29, 0.717) is 11.7 Å². The van der Waals surface area contributed by atoms with Crippen molar-refractivity contribution in [3.63, 3.8) is 0 Å². The summed E-state index contributed by atoms with van der Waals surface area (Å²) in [5, 5.41) is 9.60. The molecule has 1 aliphatic heterocycles. The summed E-state index contributed by atoms with van der Waals surface area (Å²) in [5.41, 5.74) is 1.32. The summed E-state index contributed by atoms with van der Waals surface area (Å²) in [6.45, 7) is 6.56. The smallest absolute Gasteiger partial charge is 0.193 e. The lowest BCUT2D eigenvalue weighted by molar-refractivity contribution is 0.0839. The van der Waals surface area contributed by atoms with Gasteiger partial charge in [0.15, 0.2) is 5.78 Å². The number of carbonyl (C=O) groups is 1. The molecule has 0 aliphatic carbocycles. The van der Waals surface area contributed by atoms with E-state index < -0.39 is 0 Å². The molecule has 0 saturated carbocycles. The lowest BCUT2D eigenvalue weighted by atomic mass is 10.1. The summed E-state index contributed by atoms with van der Waals surface area (Å²) in [6, 6.07) is 8.14. The SMILES string of the molecule is CC(C)N1CCC(Oc2cc3cc(C(=O)CC#N)[nH]c3cc2Br)CC1. The minimum Gasteiger partial charge on any atom is -0.489 e. The molecule has 0 atom stereocenters. The molecule has 0 bridgehead atoms. The average molecular weight is 404 g/mol. The van der Waals surface area contributed by atoms with Crippen LogP contribution >= 0.6 is 15.9 Å². The normalized spacial score (nSPS) is 16.3. The van der Waals surface area contributed by atoms with Crippen LogP contribution in [0.4, 0.5) is 0 Å². The number of benzene rings is 1. The Morgan fingerprint density at radius 2 is 2.12 bits per heavy atom. The van der Waals surface area contributed by atoms with E-state index in [9.17, 15) is 4.79 Å². The Morgan fingerprint density at radius 3 is 2.76 bits per heavy atom. The first-order valence-corrected chi connectivity index (χ1v) is 9.40. The molecule has 3 rings (SSSR count). The second-order valence-corrected chi connectivity index (χ2v) is 7.61. The van der Waals surface area contributed by atoms with Gasteiger partial charge in [-0.25, -0.2) is 0 Å². The number of hydrogen-bond donors (Lipinski definition) is 1. The Balaban J connectivity index is 1.75. The van der Waals surface area contributed by atoms with Crippen LogP contribution in [-0.2, 0) is 0 Å². The van der Waals surface area contributed by atoms with Gasteiger partial charge in [-0.3, -0.25) is 4.79 Å². The first kappa shape index (κ1) is 18.0. The van der Waals surface area contributed by atoms with Gasteiger partial charge in [0.05, 0.1) is 16.2 Å². The van der Waals surface area contributed by atoms with Gasteiger partial charge in [-0.15, -0.1) is 0 Å². The zero-order chi connectivity index (χ0) is 18.0. The monoisotopic (exact) mass is 403 g/mol. The van der Waals surface area contributed by atoms with Crippen LogP contribution in [0.25, 0.3) is 10.9 Å². The van der Waals surface area contributed by atoms with Crippen molar-refractivity contribution >= 4 is 32.6 Å². The number of Topliss-reactive ketones (excluding diaryl/α,β-unsaturated/α-hetero) is 1. The predicted molar refractivity (Wildman–Crippen MR) is 101 cm³/mol. The molecule has 2 heterocycles. The summed E-state index contributed by atoms with van der Waals surface area (Å²) >= 11 is 3.56. The van der Waals surface area contributed by atoms with Crippen LogP contribution in [0.5, 0.6) is 5.75 Å². The van der Waals surface area contributed by atoms with Crippen LogP contribution in [0, 0.1) is 11.3 Å². The second kappa shape index (κ2) is 7.59. The predicted octanol–water partition coefficient (Wildman–Crippen LogP) is 4.28. The zero-order valence-electron chi connectivity index (χ0n) is 14.5. The third kappa shape index (κ3) is 4.05. The zero-order valence-corrected chi connectivity index (χ0v) is 16.1. The van der Waals surface area contributed by atoms with E-state index in [-0.39, 0.29) is 18.3 Å². The maximum Gasteiger partial charge on any atom is 0.193 e. The molecular weight excluding hydrogens is 382 g/mol. The number of carbonyl (C=O) groups excluding carboxylic acids is 1. The minimum atomic E-state index is -0.196. The van der Waals surface area contributed by atoms with Crippen LogP contribution in [0.1, 0.15) is 43.6 Å². The van der Waals surface area contributed by atoms with Crippen molar-refractivity contribution < 1.29 is 9.53 Å². The van der Waals surface area contributed by atoms with E-state index in [1.165, 1.54) is 0 Å². The molecule has 6 heteroatoms. The fraction of sp³-hybridized carbons (Fsp3) is 0.474. The maximum atomic E-state index is 11.9. The highest BCUT2D eigenvalue weighted by molar-refractivity contribution is 9.10. The van der Waals surface area contributed by atoms with E-state index >= 15 is 0 Å². The lowest BCUT2D eigenvalue weighted by Gasteiger charge is -2.34. The quantitative estimate of drug-likeness (QED) is 0.756. The fourth-order valence-electron chi connectivity index (χ4n) is 3.23. The Hall–Kier alpha value is -1.84. The van der Waals surface area contributed by atoms with Crippen molar-refractivity contribution in [2.75, 3.05) is 13.1 Å². The number of fused-ring (bicyclic) bond motifs is 1. The Bertz CT molecular complexity index is 814. The highest BCUT2D eigenvalue weighted by Gasteiger charge is 2.23. The summed E-state index contributed by atoms with van der Waals surface area (Å²) < 4.78 is 7.08. The van der Waals surface area contributed by atoms with E-state index in [1.807, 2.05) is 18.2 Å². The van der Waals surface area contributed by atoms with Crippen molar-refractivity contribution in [3.05, 3.63) is 28.4 Å². The molecule has 0 radical (unpaired) electrons. The number of halogens is 1. The number of rotatable bonds is 5. The van der Waals surface area contributed by atoms with Gasteiger partial charge in [-0.05, 0) is 60.8 Å². The van der Waals surface area contributed by atoms with Gasteiger partial charge < -0.3 is 14.6 Å². The molecule has 5 nitrogen and oxygen atoms in total. The molecule has 0 amide bonds. The lowest BCUT2D eigenvalue weighted by Crippen LogP contribution is -2.41. The maximum absolute atomic E-state index is 11.9. The van der Waals surface area contributed by atoms with Gasteiger partial charge in [0.25, 0.3) is 0 Å². The van der Waals surface area contributed by atoms with Crippen LogP contribution in [-0.4, -0.2) is 40.9 Å². The van der Waals surface area contributed by atoms with Gasteiger partial charge in [0, 0.05) is 30.0 Å². The molecule has 1 saturated heterocycles. The largest absolute Gasteiger partial charge is 0.489 e. The second-order valence-electron chi connectivity index (χ2n) is 6.76. The first-order chi connectivity index (χ1) is 12.0. The Labute approximate surface area is 156 Å². The van der Waals surface area contributed by atoms with Crippen LogP contribution in [0.15, 0.2) is 22.7 Å². The number of piperidine rings is 1.